The van der Waals surface area contributed by atoms with Gasteiger partial charge in [0.2, 0.25) is 10.0 Å². The van der Waals surface area contributed by atoms with E-state index in [0.29, 0.717) is 18.7 Å². The average Bonchev–Trinajstić information content (AvgIpc) is 3.28. The zero-order valence-corrected chi connectivity index (χ0v) is 18.2. The van der Waals surface area contributed by atoms with Gasteiger partial charge in [-0.3, -0.25) is 14.9 Å². The predicted octanol–water partition coefficient (Wildman–Crippen LogP) is 3.87. The van der Waals surface area contributed by atoms with Crippen LogP contribution in [0.1, 0.15) is 41.7 Å². The highest BCUT2D eigenvalue weighted by Gasteiger charge is 2.29. The van der Waals surface area contributed by atoms with Gasteiger partial charge in [0.05, 0.1) is 26.4 Å². The fraction of sp³-hybridized carbons (Fsp3) is 0.350. The van der Waals surface area contributed by atoms with Crippen LogP contribution in [0.5, 0.6) is 0 Å². The van der Waals surface area contributed by atoms with E-state index in [4.69, 9.17) is 11.6 Å². The maximum atomic E-state index is 13.1. The minimum Gasteiger partial charge on any atom is -0.335 e. The number of nitrogens with zero attached hydrogens (tertiary/aromatic N) is 3. The number of carbonyl (C=O) groups is 1. The van der Waals surface area contributed by atoms with Crippen LogP contribution in [-0.2, 0) is 10.0 Å². The Balaban J connectivity index is 1.90. The van der Waals surface area contributed by atoms with E-state index in [1.807, 2.05) is 0 Å². The van der Waals surface area contributed by atoms with E-state index in [-0.39, 0.29) is 21.2 Å². The minimum atomic E-state index is -3.70. The number of hydrogen-bond acceptors (Lipinski definition) is 5. The molecule has 1 unspecified atom stereocenters. The zero-order valence-electron chi connectivity index (χ0n) is 16.6. The van der Waals surface area contributed by atoms with Gasteiger partial charge in [-0.1, -0.05) is 23.7 Å². The van der Waals surface area contributed by atoms with Gasteiger partial charge in [-0.15, -0.1) is 0 Å². The Morgan fingerprint density at radius 2 is 1.87 bits per heavy atom. The molecule has 8 nitrogen and oxygen atoms in total. The minimum absolute atomic E-state index is 0.0218. The number of amides is 1. The Hall–Kier alpha value is -2.49. The van der Waals surface area contributed by atoms with Crippen LogP contribution in [0.15, 0.2) is 47.4 Å². The fourth-order valence-electron chi connectivity index (χ4n) is 3.39. The SMILES string of the molecule is CC(c1cccc([N+](=O)[O-])c1)N(C)C(=O)c1cc(S(=O)(=O)N2CCCC2)ccc1Cl. The second-order valence-electron chi connectivity index (χ2n) is 7.20. The molecular formula is C20H22ClN3O5S. The van der Waals surface area contributed by atoms with Crippen molar-refractivity contribution in [1.82, 2.24) is 9.21 Å². The van der Waals surface area contributed by atoms with Crippen molar-refractivity contribution < 1.29 is 18.1 Å². The summed E-state index contributed by atoms with van der Waals surface area (Å²) in [5.41, 5.74) is 0.575. The first-order chi connectivity index (χ1) is 14.1. The molecule has 0 aromatic heterocycles. The molecule has 0 saturated carbocycles. The standard InChI is InChI=1S/C20H22ClN3O5S/c1-14(15-6-5-7-16(12-15)24(26)27)22(2)20(25)18-13-17(8-9-19(18)21)30(28,29)23-10-3-4-11-23/h5-9,12-14H,3-4,10-11H2,1-2H3. The second kappa shape index (κ2) is 8.71. The summed E-state index contributed by atoms with van der Waals surface area (Å²) in [5.74, 6) is -0.475. The van der Waals surface area contributed by atoms with E-state index in [2.05, 4.69) is 0 Å². The van der Waals surface area contributed by atoms with E-state index in [1.54, 1.807) is 26.1 Å². The molecule has 1 saturated heterocycles. The largest absolute Gasteiger partial charge is 0.335 e. The lowest BCUT2D eigenvalue weighted by atomic mass is 10.1. The average molecular weight is 452 g/mol. The number of nitro groups is 1. The van der Waals surface area contributed by atoms with Crippen LogP contribution in [0.3, 0.4) is 0 Å². The summed E-state index contributed by atoms with van der Waals surface area (Å²) in [7, 11) is -2.15. The molecule has 1 amide bonds. The maximum Gasteiger partial charge on any atom is 0.269 e. The molecular weight excluding hydrogens is 430 g/mol. The quantitative estimate of drug-likeness (QED) is 0.490. The van der Waals surface area contributed by atoms with Crippen LogP contribution in [0, 0.1) is 10.1 Å². The van der Waals surface area contributed by atoms with E-state index in [9.17, 15) is 23.3 Å². The van der Waals surface area contributed by atoms with Crippen LogP contribution in [-0.4, -0.2) is 48.6 Å². The maximum absolute atomic E-state index is 13.1. The number of carbonyl (C=O) groups excluding carboxylic acids is 1. The summed E-state index contributed by atoms with van der Waals surface area (Å²) in [5, 5.41) is 11.2. The highest BCUT2D eigenvalue weighted by Crippen LogP contribution is 2.29. The lowest BCUT2D eigenvalue weighted by Gasteiger charge is -2.26. The molecule has 1 aliphatic rings. The Morgan fingerprint density at radius 1 is 1.20 bits per heavy atom. The highest BCUT2D eigenvalue weighted by atomic mass is 35.5. The van der Waals surface area contributed by atoms with Crippen molar-refractivity contribution in [3.63, 3.8) is 0 Å². The molecule has 0 spiro atoms. The molecule has 160 valence electrons. The van der Waals surface area contributed by atoms with Gasteiger partial charge >= 0.3 is 0 Å². The van der Waals surface area contributed by atoms with Crippen LogP contribution in [0.2, 0.25) is 5.02 Å². The summed E-state index contributed by atoms with van der Waals surface area (Å²) < 4.78 is 27.1. The summed E-state index contributed by atoms with van der Waals surface area (Å²) in [4.78, 5) is 25.0. The topological polar surface area (TPSA) is 101 Å². The molecule has 3 rings (SSSR count). The zero-order chi connectivity index (χ0) is 22.1. The Bertz CT molecular complexity index is 1080. The van der Waals surface area contributed by atoms with E-state index in [1.165, 1.54) is 39.5 Å². The Labute approximate surface area is 180 Å². The molecule has 10 heteroatoms. The van der Waals surface area contributed by atoms with E-state index in [0.717, 1.165) is 12.8 Å². The van der Waals surface area contributed by atoms with Crippen molar-refractivity contribution in [2.75, 3.05) is 20.1 Å². The number of rotatable bonds is 6. The van der Waals surface area contributed by atoms with Crippen molar-refractivity contribution in [3.8, 4) is 0 Å². The first kappa shape index (κ1) is 22.2. The highest BCUT2D eigenvalue weighted by molar-refractivity contribution is 7.89. The fourth-order valence-corrected chi connectivity index (χ4v) is 5.14. The summed E-state index contributed by atoms with van der Waals surface area (Å²) in [6.45, 7) is 2.64. The number of hydrogen-bond donors (Lipinski definition) is 0. The number of halogens is 1. The number of non-ortho nitro benzene ring substituents is 1. The molecule has 2 aromatic carbocycles. The van der Waals surface area contributed by atoms with Crippen LogP contribution >= 0.6 is 11.6 Å². The number of sulfonamides is 1. The van der Waals surface area contributed by atoms with Gasteiger partial charge in [-0.25, -0.2) is 8.42 Å². The van der Waals surface area contributed by atoms with Gasteiger partial charge in [-0.05, 0) is 43.5 Å². The normalized spacial score (nSPS) is 15.7. The first-order valence-corrected chi connectivity index (χ1v) is 11.3. The summed E-state index contributed by atoms with van der Waals surface area (Å²) in [6, 6.07) is 9.64. The molecule has 0 aliphatic carbocycles. The molecule has 0 N–H and O–H groups in total. The third kappa shape index (κ3) is 4.33. The number of benzene rings is 2. The lowest BCUT2D eigenvalue weighted by molar-refractivity contribution is -0.384. The monoisotopic (exact) mass is 451 g/mol. The van der Waals surface area contributed by atoms with Gasteiger partial charge < -0.3 is 4.90 Å². The van der Waals surface area contributed by atoms with Crippen molar-refractivity contribution >= 4 is 33.2 Å². The predicted molar refractivity (Wildman–Crippen MR) is 113 cm³/mol. The third-order valence-electron chi connectivity index (χ3n) is 5.34. The van der Waals surface area contributed by atoms with Gasteiger partial charge in [0.1, 0.15) is 0 Å². The van der Waals surface area contributed by atoms with Crippen molar-refractivity contribution in [1.29, 1.82) is 0 Å². The number of nitro benzene ring substituents is 1. The Morgan fingerprint density at radius 3 is 2.50 bits per heavy atom. The molecule has 1 heterocycles. The van der Waals surface area contributed by atoms with Gasteiger partial charge in [0.25, 0.3) is 11.6 Å². The second-order valence-corrected chi connectivity index (χ2v) is 9.54. The lowest BCUT2D eigenvalue weighted by Crippen LogP contribution is -2.31. The molecule has 1 atom stereocenters. The smallest absolute Gasteiger partial charge is 0.269 e. The molecule has 0 bridgehead atoms. The van der Waals surface area contributed by atoms with Gasteiger partial charge in [0, 0.05) is 32.3 Å². The molecule has 30 heavy (non-hydrogen) atoms. The van der Waals surface area contributed by atoms with Crippen molar-refractivity contribution in [2.45, 2.75) is 30.7 Å². The van der Waals surface area contributed by atoms with Crippen LogP contribution in [0.25, 0.3) is 0 Å². The van der Waals surface area contributed by atoms with E-state index < -0.39 is 26.9 Å². The van der Waals surface area contributed by atoms with Crippen molar-refractivity contribution in [2.24, 2.45) is 0 Å². The van der Waals surface area contributed by atoms with Crippen molar-refractivity contribution in [3.05, 3.63) is 68.7 Å². The molecule has 1 aliphatic heterocycles. The molecule has 0 radical (unpaired) electrons. The Kier molecular flexibility index (Phi) is 6.44. The van der Waals surface area contributed by atoms with Gasteiger partial charge in [0.15, 0.2) is 0 Å². The van der Waals surface area contributed by atoms with Crippen LogP contribution in [0.4, 0.5) is 5.69 Å². The van der Waals surface area contributed by atoms with Crippen LogP contribution < -0.4 is 0 Å². The van der Waals surface area contributed by atoms with E-state index >= 15 is 0 Å². The summed E-state index contributed by atoms with van der Waals surface area (Å²) >= 11 is 6.22. The molecule has 2 aromatic rings. The summed E-state index contributed by atoms with van der Waals surface area (Å²) in [6.07, 6.45) is 1.62. The third-order valence-corrected chi connectivity index (χ3v) is 7.56. The first-order valence-electron chi connectivity index (χ1n) is 9.44. The van der Waals surface area contributed by atoms with Gasteiger partial charge in [-0.2, -0.15) is 4.31 Å². The molecule has 1 fully saturated rings.